The van der Waals surface area contributed by atoms with E-state index in [4.69, 9.17) is 0 Å². The summed E-state index contributed by atoms with van der Waals surface area (Å²) in [7, 11) is 0. The third-order valence-corrected chi connectivity index (χ3v) is 4.13. The minimum atomic E-state index is -0.265. The second-order valence-electron chi connectivity index (χ2n) is 6.59. The Bertz CT molecular complexity index is 1010. The summed E-state index contributed by atoms with van der Waals surface area (Å²) in [6, 6.07) is 16.7. The molecule has 0 radical (unpaired) electrons. The molecule has 0 aliphatic heterocycles. The van der Waals surface area contributed by atoms with Gasteiger partial charge in [-0.2, -0.15) is 0 Å². The van der Waals surface area contributed by atoms with E-state index in [-0.39, 0.29) is 11.8 Å². The molecule has 0 fully saturated rings. The number of pyridine rings is 1. The lowest BCUT2D eigenvalue weighted by Crippen LogP contribution is -2.14. The molecule has 0 bridgehead atoms. The van der Waals surface area contributed by atoms with Gasteiger partial charge in [0.05, 0.1) is 0 Å². The number of aromatic nitrogens is 1. The van der Waals surface area contributed by atoms with Gasteiger partial charge in [-0.05, 0) is 67.4 Å². The molecule has 28 heavy (non-hydrogen) atoms. The van der Waals surface area contributed by atoms with Crippen molar-refractivity contribution in [2.75, 3.05) is 16.0 Å². The molecule has 3 aromatic rings. The maximum Gasteiger partial charge on any atom is 0.274 e. The van der Waals surface area contributed by atoms with Crippen molar-refractivity contribution in [3.8, 4) is 0 Å². The normalized spacial score (nSPS) is 10.2. The van der Waals surface area contributed by atoms with E-state index in [0.29, 0.717) is 5.69 Å². The van der Waals surface area contributed by atoms with Crippen LogP contribution in [0.25, 0.3) is 0 Å². The van der Waals surface area contributed by atoms with E-state index in [9.17, 15) is 9.59 Å². The number of nitrogens with one attached hydrogen (secondary N) is 3. The molecule has 3 N–H and O–H groups in total. The predicted octanol–water partition coefficient (Wildman–Crippen LogP) is 4.65. The highest BCUT2D eigenvalue weighted by Gasteiger charge is 2.10. The summed E-state index contributed by atoms with van der Waals surface area (Å²) in [6.45, 7) is 5.40. The van der Waals surface area contributed by atoms with Gasteiger partial charge >= 0.3 is 0 Å². The number of carbonyl (C=O) groups excluding carboxylic acids is 2. The molecule has 0 aliphatic carbocycles. The zero-order chi connectivity index (χ0) is 20.1. The van der Waals surface area contributed by atoms with Crippen LogP contribution in [0.4, 0.5) is 22.7 Å². The summed E-state index contributed by atoms with van der Waals surface area (Å²) in [5, 5.41) is 8.87. The molecular formula is C22H22N4O2. The molecule has 1 heterocycles. The fourth-order valence-corrected chi connectivity index (χ4v) is 2.70. The summed E-state index contributed by atoms with van der Waals surface area (Å²) in [5.74, 6) is -0.382. The molecule has 0 saturated heterocycles. The van der Waals surface area contributed by atoms with Crippen molar-refractivity contribution in [2.24, 2.45) is 0 Å². The molecule has 0 unspecified atom stereocenters. The highest BCUT2D eigenvalue weighted by Crippen LogP contribution is 2.21. The van der Waals surface area contributed by atoms with Gasteiger partial charge in [0.1, 0.15) is 5.69 Å². The van der Waals surface area contributed by atoms with Crippen molar-refractivity contribution in [3.05, 3.63) is 77.6 Å². The van der Waals surface area contributed by atoms with Crippen molar-refractivity contribution < 1.29 is 9.59 Å². The number of aryl methyl sites for hydroxylation is 2. The third-order valence-electron chi connectivity index (χ3n) is 4.13. The number of hydrogen-bond donors (Lipinski definition) is 3. The highest BCUT2D eigenvalue weighted by molar-refractivity contribution is 6.03. The van der Waals surface area contributed by atoms with E-state index in [2.05, 4.69) is 20.9 Å². The second-order valence-corrected chi connectivity index (χ2v) is 6.59. The van der Waals surface area contributed by atoms with Gasteiger partial charge in [0.25, 0.3) is 5.91 Å². The Hall–Kier alpha value is -3.67. The first-order chi connectivity index (χ1) is 13.4. The first-order valence-corrected chi connectivity index (χ1v) is 8.90. The van der Waals surface area contributed by atoms with Crippen LogP contribution < -0.4 is 16.0 Å². The third kappa shape index (κ3) is 4.94. The van der Waals surface area contributed by atoms with Gasteiger partial charge in [0, 0.05) is 35.9 Å². The summed E-state index contributed by atoms with van der Waals surface area (Å²) in [6.07, 6.45) is 1.59. The Morgan fingerprint density at radius 1 is 0.821 bits per heavy atom. The average Bonchev–Trinajstić information content (AvgIpc) is 2.66. The maximum absolute atomic E-state index is 12.6. The van der Waals surface area contributed by atoms with E-state index in [0.717, 1.165) is 33.9 Å². The lowest BCUT2D eigenvalue weighted by atomic mass is 10.1. The van der Waals surface area contributed by atoms with Crippen LogP contribution in [-0.2, 0) is 4.79 Å². The van der Waals surface area contributed by atoms with Crippen LogP contribution in [0.2, 0.25) is 0 Å². The standard InChI is InChI=1S/C22H22N4O2/c1-14-4-5-15(2)20(12-14)26-22(28)21-13-19(10-11-23-21)25-18-8-6-17(7-9-18)24-16(3)27/h4-13H,1-3H3,(H,23,25)(H,24,27)(H,26,28). The van der Waals surface area contributed by atoms with Gasteiger partial charge in [-0.15, -0.1) is 0 Å². The van der Waals surface area contributed by atoms with Gasteiger partial charge < -0.3 is 16.0 Å². The van der Waals surface area contributed by atoms with E-state index >= 15 is 0 Å². The Morgan fingerprint density at radius 2 is 1.54 bits per heavy atom. The van der Waals surface area contributed by atoms with Crippen molar-refractivity contribution in [1.29, 1.82) is 0 Å². The zero-order valence-corrected chi connectivity index (χ0v) is 16.0. The number of amides is 2. The number of nitrogens with zero attached hydrogens (tertiary/aromatic N) is 1. The molecule has 6 heteroatoms. The van der Waals surface area contributed by atoms with Gasteiger partial charge in [-0.25, -0.2) is 0 Å². The molecule has 2 aromatic carbocycles. The van der Waals surface area contributed by atoms with E-state index in [1.165, 1.54) is 6.92 Å². The fraction of sp³-hybridized carbons (Fsp3) is 0.136. The molecule has 0 spiro atoms. The van der Waals surface area contributed by atoms with Gasteiger partial charge in [0.15, 0.2) is 0 Å². The Kier molecular flexibility index (Phi) is 5.69. The molecule has 0 atom stereocenters. The summed E-state index contributed by atoms with van der Waals surface area (Å²) in [4.78, 5) is 27.9. The number of carbonyl (C=O) groups is 2. The van der Waals surface area contributed by atoms with Crippen molar-refractivity contribution >= 4 is 34.6 Å². The van der Waals surface area contributed by atoms with Crippen LogP contribution in [0.3, 0.4) is 0 Å². The van der Waals surface area contributed by atoms with Gasteiger partial charge in [0.2, 0.25) is 5.91 Å². The van der Waals surface area contributed by atoms with Crippen molar-refractivity contribution in [1.82, 2.24) is 4.98 Å². The number of hydrogen-bond acceptors (Lipinski definition) is 4. The second kappa shape index (κ2) is 8.35. The van der Waals surface area contributed by atoms with E-state index in [1.54, 1.807) is 30.5 Å². The quantitative estimate of drug-likeness (QED) is 0.607. The lowest BCUT2D eigenvalue weighted by Gasteiger charge is -2.11. The molecule has 2 amide bonds. The first-order valence-electron chi connectivity index (χ1n) is 8.90. The van der Waals surface area contributed by atoms with Crippen LogP contribution in [0, 0.1) is 13.8 Å². The smallest absolute Gasteiger partial charge is 0.274 e. The summed E-state index contributed by atoms with van der Waals surface area (Å²) < 4.78 is 0. The van der Waals surface area contributed by atoms with Crippen molar-refractivity contribution in [2.45, 2.75) is 20.8 Å². The van der Waals surface area contributed by atoms with E-state index in [1.807, 2.05) is 44.2 Å². The molecule has 3 rings (SSSR count). The van der Waals surface area contributed by atoms with Crippen LogP contribution >= 0.6 is 0 Å². The van der Waals surface area contributed by atoms with Gasteiger partial charge in [-0.3, -0.25) is 14.6 Å². The number of anilines is 4. The number of rotatable bonds is 5. The van der Waals surface area contributed by atoms with Crippen LogP contribution in [0.5, 0.6) is 0 Å². The average molecular weight is 374 g/mol. The summed E-state index contributed by atoms with van der Waals surface area (Å²) in [5.41, 5.74) is 5.47. The molecule has 6 nitrogen and oxygen atoms in total. The molecular weight excluding hydrogens is 352 g/mol. The predicted molar refractivity (Wildman–Crippen MR) is 112 cm³/mol. The maximum atomic E-state index is 12.6. The topological polar surface area (TPSA) is 83.1 Å². The molecule has 0 saturated carbocycles. The minimum absolute atomic E-state index is 0.116. The first kappa shape index (κ1) is 19.1. The SMILES string of the molecule is CC(=O)Nc1ccc(Nc2ccnc(C(=O)Nc3cc(C)ccc3C)c2)cc1. The lowest BCUT2D eigenvalue weighted by molar-refractivity contribution is -0.114. The Morgan fingerprint density at radius 3 is 2.25 bits per heavy atom. The summed E-state index contributed by atoms with van der Waals surface area (Å²) >= 11 is 0. The number of benzene rings is 2. The van der Waals surface area contributed by atoms with Crippen LogP contribution in [0.1, 0.15) is 28.5 Å². The molecule has 0 aliphatic rings. The van der Waals surface area contributed by atoms with Crippen LogP contribution in [0.15, 0.2) is 60.8 Å². The fourth-order valence-electron chi connectivity index (χ4n) is 2.70. The molecule has 142 valence electrons. The Balaban J connectivity index is 1.72. The van der Waals surface area contributed by atoms with E-state index < -0.39 is 0 Å². The van der Waals surface area contributed by atoms with Gasteiger partial charge in [-0.1, -0.05) is 12.1 Å². The largest absolute Gasteiger partial charge is 0.355 e. The molecule has 1 aromatic heterocycles. The monoisotopic (exact) mass is 374 g/mol. The zero-order valence-electron chi connectivity index (χ0n) is 16.0. The minimum Gasteiger partial charge on any atom is -0.355 e. The Labute approximate surface area is 164 Å². The van der Waals surface area contributed by atoms with Crippen LogP contribution in [-0.4, -0.2) is 16.8 Å². The van der Waals surface area contributed by atoms with Crippen molar-refractivity contribution in [3.63, 3.8) is 0 Å². The highest BCUT2D eigenvalue weighted by atomic mass is 16.2.